The van der Waals surface area contributed by atoms with E-state index in [1.807, 2.05) is 31.2 Å². The third-order valence-corrected chi connectivity index (χ3v) is 3.72. The second kappa shape index (κ2) is 6.24. The zero-order chi connectivity index (χ0) is 16.5. The molecule has 0 bridgehead atoms. The van der Waals surface area contributed by atoms with Crippen LogP contribution in [0, 0.1) is 6.92 Å². The van der Waals surface area contributed by atoms with E-state index in [2.05, 4.69) is 0 Å². The van der Waals surface area contributed by atoms with Crippen LogP contribution < -0.4 is 0 Å². The molecule has 0 aliphatic carbocycles. The van der Waals surface area contributed by atoms with E-state index in [9.17, 15) is 14.3 Å². The number of ether oxygens (including phenoxy) is 1. The van der Waals surface area contributed by atoms with Crippen LogP contribution in [0.2, 0.25) is 0 Å². The van der Waals surface area contributed by atoms with Gasteiger partial charge in [0.25, 0.3) is 0 Å². The quantitative estimate of drug-likeness (QED) is 0.865. The lowest BCUT2D eigenvalue weighted by molar-refractivity contribution is -0.0417. The fourth-order valence-electron chi connectivity index (χ4n) is 2.57. The van der Waals surface area contributed by atoms with Gasteiger partial charge in [0.15, 0.2) is 0 Å². The number of amides is 1. The molecule has 4 nitrogen and oxygen atoms in total. The molecule has 1 heterocycles. The number of β-amino-alcohol motifs (C(OH)–C–C–N with tert-alkyl or cyclic N) is 1. The van der Waals surface area contributed by atoms with E-state index in [0.717, 1.165) is 11.1 Å². The van der Waals surface area contributed by atoms with Gasteiger partial charge in [-0.15, -0.1) is 0 Å². The van der Waals surface area contributed by atoms with Crippen molar-refractivity contribution in [2.75, 3.05) is 6.54 Å². The van der Waals surface area contributed by atoms with Crippen LogP contribution in [0.15, 0.2) is 24.3 Å². The standard InChI is InChI=1S/C17H24FNO3/c1-11-5-7-12(8-6-11)14-9-13(18)15(20)10-19(14)16(21)22-17(2,3)4/h5-8,13-15,20H,9-10H2,1-4H3/t13-,14-,15-/m1/s1. The van der Waals surface area contributed by atoms with Crippen molar-refractivity contribution in [1.29, 1.82) is 0 Å². The molecule has 5 heteroatoms. The van der Waals surface area contributed by atoms with Crippen molar-refractivity contribution in [3.63, 3.8) is 0 Å². The summed E-state index contributed by atoms with van der Waals surface area (Å²) in [6, 6.07) is 7.22. The second-order valence-electron chi connectivity index (χ2n) is 6.88. The Labute approximate surface area is 130 Å². The summed E-state index contributed by atoms with van der Waals surface area (Å²) in [7, 11) is 0. The van der Waals surface area contributed by atoms with Gasteiger partial charge in [-0.3, -0.25) is 4.90 Å². The molecule has 22 heavy (non-hydrogen) atoms. The van der Waals surface area contributed by atoms with Gasteiger partial charge in [0.05, 0.1) is 12.6 Å². The molecule has 1 amide bonds. The number of benzene rings is 1. The third-order valence-electron chi connectivity index (χ3n) is 3.72. The first kappa shape index (κ1) is 16.7. The molecule has 1 N–H and O–H groups in total. The number of hydrogen-bond acceptors (Lipinski definition) is 3. The molecule has 1 aromatic rings. The maximum Gasteiger partial charge on any atom is 0.410 e. The summed E-state index contributed by atoms with van der Waals surface area (Å²) in [6.45, 7) is 7.25. The average molecular weight is 309 g/mol. The molecule has 122 valence electrons. The number of rotatable bonds is 1. The Bertz CT molecular complexity index is 524. The molecular formula is C17H24FNO3. The summed E-state index contributed by atoms with van der Waals surface area (Å²) in [6.07, 6.45) is -2.97. The van der Waals surface area contributed by atoms with Gasteiger partial charge in [0, 0.05) is 6.42 Å². The summed E-state index contributed by atoms with van der Waals surface area (Å²) in [5.41, 5.74) is 1.32. The first-order chi connectivity index (χ1) is 10.2. The highest BCUT2D eigenvalue weighted by Crippen LogP contribution is 2.34. The number of alkyl halides is 1. The molecule has 0 radical (unpaired) electrons. The van der Waals surface area contributed by atoms with Gasteiger partial charge < -0.3 is 9.84 Å². The minimum Gasteiger partial charge on any atom is -0.444 e. The Hall–Kier alpha value is -1.62. The number of carbonyl (C=O) groups excluding carboxylic acids is 1. The minimum absolute atomic E-state index is 0.0609. The lowest BCUT2D eigenvalue weighted by atomic mass is 9.92. The lowest BCUT2D eigenvalue weighted by Gasteiger charge is -2.40. The maximum absolute atomic E-state index is 13.9. The maximum atomic E-state index is 13.9. The van der Waals surface area contributed by atoms with Crippen LogP contribution in [0.3, 0.4) is 0 Å². The molecule has 0 saturated carbocycles. The first-order valence-corrected chi connectivity index (χ1v) is 7.55. The normalized spacial score (nSPS) is 25.9. The van der Waals surface area contributed by atoms with Gasteiger partial charge in [0.2, 0.25) is 0 Å². The highest BCUT2D eigenvalue weighted by atomic mass is 19.1. The summed E-state index contributed by atoms with van der Waals surface area (Å²) < 4.78 is 19.3. The van der Waals surface area contributed by atoms with Gasteiger partial charge in [-0.25, -0.2) is 9.18 Å². The van der Waals surface area contributed by atoms with Crippen LogP contribution in [-0.4, -0.2) is 40.5 Å². The number of halogens is 1. The van der Waals surface area contributed by atoms with Crippen molar-refractivity contribution in [1.82, 2.24) is 4.90 Å². The highest BCUT2D eigenvalue weighted by molar-refractivity contribution is 5.69. The van der Waals surface area contributed by atoms with E-state index in [1.165, 1.54) is 4.90 Å². The number of carbonyl (C=O) groups is 1. The molecule has 1 aliphatic rings. The van der Waals surface area contributed by atoms with E-state index >= 15 is 0 Å². The summed E-state index contributed by atoms with van der Waals surface area (Å²) in [5.74, 6) is 0. The largest absolute Gasteiger partial charge is 0.444 e. The van der Waals surface area contributed by atoms with Crippen LogP contribution in [0.4, 0.5) is 9.18 Å². The van der Waals surface area contributed by atoms with Gasteiger partial charge in [-0.2, -0.15) is 0 Å². The van der Waals surface area contributed by atoms with Crippen molar-refractivity contribution < 1.29 is 19.0 Å². The molecule has 3 atom stereocenters. The summed E-state index contributed by atoms with van der Waals surface area (Å²) >= 11 is 0. The Balaban J connectivity index is 2.26. The number of piperidine rings is 1. The Morgan fingerprint density at radius 3 is 2.45 bits per heavy atom. The zero-order valence-corrected chi connectivity index (χ0v) is 13.5. The number of likely N-dealkylation sites (tertiary alicyclic amines) is 1. The number of aryl methyl sites for hydroxylation is 1. The summed E-state index contributed by atoms with van der Waals surface area (Å²) in [4.78, 5) is 13.8. The van der Waals surface area contributed by atoms with E-state index in [0.29, 0.717) is 0 Å². The van der Waals surface area contributed by atoms with Crippen molar-refractivity contribution in [3.8, 4) is 0 Å². The van der Waals surface area contributed by atoms with Crippen molar-refractivity contribution >= 4 is 6.09 Å². The topological polar surface area (TPSA) is 49.8 Å². The van der Waals surface area contributed by atoms with Crippen LogP contribution in [0.5, 0.6) is 0 Å². The van der Waals surface area contributed by atoms with Crippen molar-refractivity contribution in [3.05, 3.63) is 35.4 Å². The van der Waals surface area contributed by atoms with Gasteiger partial charge >= 0.3 is 6.09 Å². The number of hydrogen-bond donors (Lipinski definition) is 1. The number of nitrogens with zero attached hydrogens (tertiary/aromatic N) is 1. The van der Waals surface area contributed by atoms with E-state index in [-0.39, 0.29) is 13.0 Å². The molecular weight excluding hydrogens is 285 g/mol. The monoisotopic (exact) mass is 309 g/mol. The Kier molecular flexibility index (Phi) is 4.75. The number of aliphatic hydroxyl groups is 1. The molecule has 0 spiro atoms. The lowest BCUT2D eigenvalue weighted by Crippen LogP contribution is -2.50. The van der Waals surface area contributed by atoms with Gasteiger partial charge in [-0.05, 0) is 33.3 Å². The van der Waals surface area contributed by atoms with Gasteiger partial charge in [0.1, 0.15) is 17.9 Å². The zero-order valence-electron chi connectivity index (χ0n) is 13.5. The van der Waals surface area contributed by atoms with E-state index in [1.54, 1.807) is 20.8 Å². The van der Waals surface area contributed by atoms with Gasteiger partial charge in [-0.1, -0.05) is 29.8 Å². The van der Waals surface area contributed by atoms with E-state index in [4.69, 9.17) is 4.74 Å². The smallest absolute Gasteiger partial charge is 0.410 e. The molecule has 2 rings (SSSR count). The predicted molar refractivity (Wildman–Crippen MR) is 82.4 cm³/mol. The molecule has 1 aliphatic heterocycles. The summed E-state index contributed by atoms with van der Waals surface area (Å²) in [5, 5.41) is 9.78. The number of aliphatic hydroxyl groups excluding tert-OH is 1. The van der Waals surface area contributed by atoms with Crippen molar-refractivity contribution in [2.24, 2.45) is 0 Å². The fraction of sp³-hybridized carbons (Fsp3) is 0.588. The Morgan fingerprint density at radius 1 is 1.32 bits per heavy atom. The van der Waals surface area contributed by atoms with Crippen LogP contribution in [-0.2, 0) is 4.74 Å². The molecule has 0 aromatic heterocycles. The first-order valence-electron chi connectivity index (χ1n) is 7.55. The highest BCUT2D eigenvalue weighted by Gasteiger charge is 2.39. The molecule has 1 fully saturated rings. The SMILES string of the molecule is Cc1ccc([C@H]2C[C@@H](F)[C@H](O)CN2C(=O)OC(C)(C)C)cc1. The van der Waals surface area contributed by atoms with Crippen LogP contribution in [0.25, 0.3) is 0 Å². The Morgan fingerprint density at radius 2 is 1.91 bits per heavy atom. The second-order valence-corrected chi connectivity index (χ2v) is 6.88. The van der Waals surface area contributed by atoms with E-state index < -0.39 is 30.0 Å². The average Bonchev–Trinajstić information content (AvgIpc) is 2.40. The minimum atomic E-state index is -1.34. The molecule has 1 aromatic carbocycles. The van der Waals surface area contributed by atoms with Crippen molar-refractivity contribution in [2.45, 2.75) is 58.0 Å². The third kappa shape index (κ3) is 3.97. The molecule has 1 saturated heterocycles. The van der Waals surface area contributed by atoms with Crippen LogP contribution in [0.1, 0.15) is 44.4 Å². The molecule has 0 unspecified atom stereocenters. The fourth-order valence-corrected chi connectivity index (χ4v) is 2.57. The predicted octanol–water partition coefficient (Wildman–Crippen LogP) is 3.38. The van der Waals surface area contributed by atoms with Crippen LogP contribution >= 0.6 is 0 Å².